The molecule has 0 bridgehead atoms. The van der Waals surface area contributed by atoms with E-state index in [0.717, 1.165) is 10.1 Å². The van der Waals surface area contributed by atoms with Gasteiger partial charge in [-0.15, -0.1) is 0 Å². The Morgan fingerprint density at radius 1 is 1.06 bits per heavy atom. The van der Waals surface area contributed by atoms with Gasteiger partial charge in [0.25, 0.3) is 5.56 Å². The summed E-state index contributed by atoms with van der Waals surface area (Å²) >= 11 is 0. The number of furan rings is 1. The number of benzene rings is 2. The number of nitrogens with one attached hydrogen (secondary N) is 1. The summed E-state index contributed by atoms with van der Waals surface area (Å²) < 4.78 is 7.82. The summed E-state index contributed by atoms with van der Waals surface area (Å²) in [5.41, 5.74) is 0.871. The van der Waals surface area contributed by atoms with E-state index in [1.807, 2.05) is 19.9 Å². The molecular weight excluding hydrogens is 394 g/mol. The van der Waals surface area contributed by atoms with Gasteiger partial charge in [-0.3, -0.25) is 14.2 Å². The summed E-state index contributed by atoms with van der Waals surface area (Å²) in [7, 11) is 0. The van der Waals surface area contributed by atoms with Crippen LogP contribution >= 0.6 is 0 Å². The Kier molecular flexibility index (Phi) is 5.58. The summed E-state index contributed by atoms with van der Waals surface area (Å²) in [6.45, 7) is 3.94. The second-order valence-electron chi connectivity index (χ2n) is 7.37. The van der Waals surface area contributed by atoms with E-state index >= 15 is 0 Å². The van der Waals surface area contributed by atoms with Gasteiger partial charge in [0.1, 0.15) is 11.8 Å². The first-order chi connectivity index (χ1) is 15.0. The molecule has 31 heavy (non-hydrogen) atoms. The maximum Gasteiger partial charge on any atom is 0.336 e. The van der Waals surface area contributed by atoms with Crippen LogP contribution in [-0.4, -0.2) is 15.0 Å². The van der Waals surface area contributed by atoms with Gasteiger partial charge < -0.3 is 9.73 Å². The molecule has 1 N–H and O–H groups in total. The summed E-state index contributed by atoms with van der Waals surface area (Å²) in [4.78, 5) is 39.8. The van der Waals surface area contributed by atoms with Crippen molar-refractivity contribution in [3.8, 4) is 5.69 Å². The van der Waals surface area contributed by atoms with Gasteiger partial charge in [-0.05, 0) is 55.3 Å². The van der Waals surface area contributed by atoms with Gasteiger partial charge in [0.15, 0.2) is 0 Å². The van der Waals surface area contributed by atoms with Gasteiger partial charge in [0.2, 0.25) is 5.91 Å². The second kappa shape index (κ2) is 8.47. The Morgan fingerprint density at radius 2 is 1.87 bits per heavy atom. The van der Waals surface area contributed by atoms with Crippen LogP contribution in [0.4, 0.5) is 0 Å². The molecule has 1 amide bonds. The normalized spacial score (nSPS) is 12.1. The van der Waals surface area contributed by atoms with Crippen LogP contribution in [0.2, 0.25) is 0 Å². The molecule has 0 saturated carbocycles. The van der Waals surface area contributed by atoms with Crippen LogP contribution < -0.4 is 16.6 Å². The van der Waals surface area contributed by atoms with Crippen molar-refractivity contribution in [2.75, 3.05) is 0 Å². The highest BCUT2D eigenvalue weighted by Crippen LogP contribution is 2.18. The molecule has 0 radical (unpaired) electrons. The lowest BCUT2D eigenvalue weighted by Gasteiger charge is -2.21. The van der Waals surface area contributed by atoms with Crippen LogP contribution in [0.3, 0.4) is 0 Å². The van der Waals surface area contributed by atoms with Gasteiger partial charge >= 0.3 is 5.69 Å². The van der Waals surface area contributed by atoms with Crippen LogP contribution in [0.15, 0.2) is 80.9 Å². The molecule has 158 valence electrons. The molecule has 0 aliphatic rings. The smallest absolute Gasteiger partial charge is 0.336 e. The predicted octanol–water partition coefficient (Wildman–Crippen LogP) is 3.32. The minimum atomic E-state index is -0.788. The summed E-state index contributed by atoms with van der Waals surface area (Å²) in [6.07, 6.45) is 1.91. The van der Waals surface area contributed by atoms with Crippen molar-refractivity contribution < 1.29 is 9.21 Å². The molecule has 1 atom stereocenters. The molecule has 0 spiro atoms. The van der Waals surface area contributed by atoms with Crippen molar-refractivity contribution in [1.29, 1.82) is 0 Å². The highest BCUT2D eigenvalue weighted by Gasteiger charge is 2.25. The van der Waals surface area contributed by atoms with E-state index in [4.69, 9.17) is 4.42 Å². The third kappa shape index (κ3) is 3.82. The van der Waals surface area contributed by atoms with Gasteiger partial charge in [0.05, 0.1) is 29.4 Å². The first-order valence-corrected chi connectivity index (χ1v) is 10.1. The molecule has 2 aromatic carbocycles. The lowest BCUT2D eigenvalue weighted by molar-refractivity contribution is -0.124. The van der Waals surface area contributed by atoms with Gasteiger partial charge in [0, 0.05) is 0 Å². The fourth-order valence-electron chi connectivity index (χ4n) is 3.77. The Bertz CT molecular complexity index is 1350. The average Bonchev–Trinajstić information content (AvgIpc) is 3.29. The molecule has 4 rings (SSSR count). The highest BCUT2D eigenvalue weighted by atomic mass is 16.3. The monoisotopic (exact) mass is 417 g/mol. The topological polar surface area (TPSA) is 86.2 Å². The Hall–Kier alpha value is -3.87. The first kappa shape index (κ1) is 20.4. The quantitative estimate of drug-likeness (QED) is 0.521. The maximum atomic E-state index is 13.6. The number of rotatable bonds is 6. The van der Waals surface area contributed by atoms with E-state index in [-0.39, 0.29) is 12.5 Å². The molecule has 2 heterocycles. The van der Waals surface area contributed by atoms with Crippen molar-refractivity contribution in [2.45, 2.75) is 32.9 Å². The van der Waals surface area contributed by atoms with Crippen LogP contribution in [0.1, 0.15) is 30.7 Å². The maximum absolute atomic E-state index is 13.6. The summed E-state index contributed by atoms with van der Waals surface area (Å²) in [5, 5.41) is 3.21. The number of hydrogen-bond donors (Lipinski definition) is 1. The minimum Gasteiger partial charge on any atom is -0.467 e. The number of nitrogens with zero attached hydrogens (tertiary/aromatic N) is 2. The number of para-hydroxylation sites is 1. The summed E-state index contributed by atoms with van der Waals surface area (Å²) in [6, 6.07) is 16.8. The van der Waals surface area contributed by atoms with Crippen LogP contribution in [0.25, 0.3) is 16.6 Å². The Labute approximate surface area is 178 Å². The number of amides is 1. The predicted molar refractivity (Wildman–Crippen MR) is 118 cm³/mol. The van der Waals surface area contributed by atoms with E-state index in [1.165, 1.54) is 10.8 Å². The minimum absolute atomic E-state index is 0.215. The number of aryl methyl sites for hydroxylation is 1. The van der Waals surface area contributed by atoms with Crippen molar-refractivity contribution >= 4 is 16.8 Å². The van der Waals surface area contributed by atoms with Crippen molar-refractivity contribution in [1.82, 2.24) is 14.5 Å². The molecule has 7 heteroatoms. The molecule has 0 saturated heterocycles. The SMILES string of the molecule is CC[C@@H](C(=O)NCc1ccco1)n1c(=O)n(-c2cccc(C)c2)c(=O)c2ccccc21. The molecule has 4 aromatic rings. The van der Waals surface area contributed by atoms with Gasteiger partial charge in [-0.1, -0.05) is 31.2 Å². The lowest BCUT2D eigenvalue weighted by atomic mass is 10.1. The third-order valence-electron chi connectivity index (χ3n) is 5.27. The standard InChI is InChI=1S/C24H23N3O4/c1-3-20(22(28)25-15-18-10-7-13-31-18)27-21-12-5-4-11-19(21)23(29)26(24(27)30)17-9-6-8-16(2)14-17/h4-14,20H,3,15H2,1-2H3,(H,25,28)/t20-/m0/s1. The van der Waals surface area contributed by atoms with Crippen molar-refractivity contribution in [3.05, 3.63) is 99.1 Å². The average molecular weight is 417 g/mol. The van der Waals surface area contributed by atoms with E-state index < -0.39 is 17.3 Å². The van der Waals surface area contributed by atoms with E-state index in [2.05, 4.69) is 5.32 Å². The molecular formula is C24H23N3O4. The number of carbonyl (C=O) groups is 1. The van der Waals surface area contributed by atoms with Crippen LogP contribution in [0.5, 0.6) is 0 Å². The Morgan fingerprint density at radius 3 is 2.58 bits per heavy atom. The fourth-order valence-corrected chi connectivity index (χ4v) is 3.77. The van der Waals surface area contributed by atoms with Crippen LogP contribution in [0, 0.1) is 6.92 Å². The zero-order valence-corrected chi connectivity index (χ0v) is 17.4. The zero-order chi connectivity index (χ0) is 22.0. The van der Waals surface area contributed by atoms with Crippen LogP contribution in [-0.2, 0) is 11.3 Å². The van der Waals surface area contributed by atoms with E-state index in [9.17, 15) is 14.4 Å². The number of aromatic nitrogens is 2. The molecule has 7 nitrogen and oxygen atoms in total. The first-order valence-electron chi connectivity index (χ1n) is 10.1. The van der Waals surface area contributed by atoms with Gasteiger partial charge in [-0.2, -0.15) is 0 Å². The lowest BCUT2D eigenvalue weighted by Crippen LogP contribution is -2.44. The Balaban J connectivity index is 1.88. The fraction of sp³-hybridized carbons (Fsp3) is 0.208. The third-order valence-corrected chi connectivity index (χ3v) is 5.27. The van der Waals surface area contributed by atoms with Crippen molar-refractivity contribution in [2.24, 2.45) is 0 Å². The largest absolute Gasteiger partial charge is 0.467 e. The van der Waals surface area contributed by atoms with E-state index in [0.29, 0.717) is 28.8 Å². The molecule has 0 aliphatic carbocycles. The number of carbonyl (C=O) groups excluding carboxylic acids is 1. The van der Waals surface area contributed by atoms with Gasteiger partial charge in [-0.25, -0.2) is 9.36 Å². The number of fused-ring (bicyclic) bond motifs is 1. The molecule has 2 aromatic heterocycles. The second-order valence-corrected chi connectivity index (χ2v) is 7.37. The zero-order valence-electron chi connectivity index (χ0n) is 17.4. The molecule has 0 fully saturated rings. The molecule has 0 aliphatic heterocycles. The van der Waals surface area contributed by atoms with Crippen molar-refractivity contribution in [3.63, 3.8) is 0 Å². The summed E-state index contributed by atoms with van der Waals surface area (Å²) in [5.74, 6) is 0.297. The number of hydrogen-bond acceptors (Lipinski definition) is 4. The molecule has 0 unspecified atom stereocenters. The van der Waals surface area contributed by atoms with E-state index in [1.54, 1.807) is 54.6 Å². The highest BCUT2D eigenvalue weighted by molar-refractivity contribution is 5.84.